The van der Waals surface area contributed by atoms with E-state index in [1.807, 2.05) is 30.3 Å². The van der Waals surface area contributed by atoms with E-state index in [1.54, 1.807) is 12.0 Å². The largest absolute Gasteiger partial charge is 0.496 e. The topological polar surface area (TPSA) is 38.8 Å². The number of methoxy groups -OCH3 is 1. The first-order valence-electron chi connectivity index (χ1n) is 7.19. The molecule has 2 heterocycles. The fraction of sp³-hybridized carbons (Fsp3) is 0.375. The van der Waals surface area contributed by atoms with Gasteiger partial charge in [-0.2, -0.15) is 0 Å². The van der Waals surface area contributed by atoms with Gasteiger partial charge >= 0.3 is 0 Å². The van der Waals surface area contributed by atoms with E-state index in [0.717, 1.165) is 30.8 Å². The average molecular weight is 335 g/mol. The number of carbonyl (C=O) groups is 1. The third-order valence-corrected chi connectivity index (χ3v) is 5.09. The van der Waals surface area contributed by atoms with Crippen LogP contribution in [0.1, 0.15) is 18.4 Å². The van der Waals surface area contributed by atoms with Crippen LogP contribution in [0.5, 0.6) is 5.75 Å². The Bertz CT molecular complexity index is 624. The lowest BCUT2D eigenvalue weighted by molar-refractivity contribution is -0.123. The van der Waals surface area contributed by atoms with Crippen molar-refractivity contribution in [1.82, 2.24) is 4.90 Å². The van der Waals surface area contributed by atoms with E-state index in [4.69, 9.17) is 21.7 Å². The Morgan fingerprint density at radius 3 is 3.05 bits per heavy atom. The van der Waals surface area contributed by atoms with E-state index in [9.17, 15) is 4.79 Å². The first-order chi connectivity index (χ1) is 10.7. The van der Waals surface area contributed by atoms with E-state index < -0.39 is 0 Å². The number of ether oxygens (including phenoxy) is 2. The zero-order chi connectivity index (χ0) is 15.5. The van der Waals surface area contributed by atoms with Crippen LogP contribution < -0.4 is 4.74 Å². The smallest absolute Gasteiger partial charge is 0.266 e. The van der Waals surface area contributed by atoms with Crippen molar-refractivity contribution < 1.29 is 14.3 Å². The van der Waals surface area contributed by atoms with Crippen molar-refractivity contribution in [3.8, 4) is 5.75 Å². The summed E-state index contributed by atoms with van der Waals surface area (Å²) < 4.78 is 11.5. The number of thiocarbonyl (C=S) groups is 1. The molecule has 1 atom stereocenters. The molecule has 0 aliphatic carbocycles. The zero-order valence-electron chi connectivity index (χ0n) is 12.3. The highest BCUT2D eigenvalue weighted by Crippen LogP contribution is 2.34. The Hall–Kier alpha value is -1.37. The van der Waals surface area contributed by atoms with Gasteiger partial charge in [0.15, 0.2) is 0 Å². The van der Waals surface area contributed by atoms with E-state index in [-0.39, 0.29) is 12.0 Å². The van der Waals surface area contributed by atoms with Gasteiger partial charge in [0, 0.05) is 12.2 Å². The summed E-state index contributed by atoms with van der Waals surface area (Å²) in [7, 11) is 1.62. The van der Waals surface area contributed by atoms with E-state index >= 15 is 0 Å². The predicted octanol–water partition coefficient (Wildman–Crippen LogP) is 3.08. The molecule has 2 aliphatic rings. The normalized spacial score (nSPS) is 23.6. The molecule has 3 rings (SSSR count). The first kappa shape index (κ1) is 15.5. The summed E-state index contributed by atoms with van der Waals surface area (Å²) in [6, 6.07) is 7.62. The zero-order valence-corrected chi connectivity index (χ0v) is 13.9. The molecule has 0 spiro atoms. The molecule has 116 valence electrons. The van der Waals surface area contributed by atoms with Gasteiger partial charge in [0.25, 0.3) is 5.91 Å². The van der Waals surface area contributed by atoms with Gasteiger partial charge in [-0.25, -0.2) is 0 Å². The third kappa shape index (κ3) is 3.19. The van der Waals surface area contributed by atoms with Crippen molar-refractivity contribution in [2.75, 3.05) is 20.3 Å². The van der Waals surface area contributed by atoms with Gasteiger partial charge in [-0.3, -0.25) is 9.69 Å². The second kappa shape index (κ2) is 6.81. The summed E-state index contributed by atoms with van der Waals surface area (Å²) in [4.78, 5) is 14.8. The number of hydrogen-bond donors (Lipinski definition) is 0. The van der Waals surface area contributed by atoms with Crippen LogP contribution in [0.15, 0.2) is 29.2 Å². The van der Waals surface area contributed by atoms with Gasteiger partial charge in [0.2, 0.25) is 0 Å². The molecule has 0 radical (unpaired) electrons. The number of thioether (sulfide) groups is 1. The minimum Gasteiger partial charge on any atom is -0.496 e. The summed E-state index contributed by atoms with van der Waals surface area (Å²) in [5.41, 5.74) is 0.877. The van der Waals surface area contributed by atoms with Crippen molar-refractivity contribution in [1.29, 1.82) is 0 Å². The maximum absolute atomic E-state index is 12.6. The van der Waals surface area contributed by atoms with Crippen LogP contribution in [-0.4, -0.2) is 41.5 Å². The van der Waals surface area contributed by atoms with Gasteiger partial charge in [0.05, 0.1) is 24.7 Å². The molecule has 1 aromatic rings. The summed E-state index contributed by atoms with van der Waals surface area (Å²) in [5.74, 6) is 0.698. The van der Waals surface area contributed by atoms with Crippen LogP contribution in [0.3, 0.4) is 0 Å². The van der Waals surface area contributed by atoms with Crippen LogP contribution >= 0.6 is 24.0 Å². The van der Waals surface area contributed by atoms with Crippen LogP contribution in [0.2, 0.25) is 0 Å². The number of carbonyl (C=O) groups excluding carboxylic acids is 1. The number of para-hydroxylation sites is 1. The van der Waals surface area contributed by atoms with Crippen molar-refractivity contribution in [2.24, 2.45) is 0 Å². The average Bonchev–Trinajstić information content (AvgIpc) is 3.12. The molecule has 0 unspecified atom stereocenters. The monoisotopic (exact) mass is 335 g/mol. The summed E-state index contributed by atoms with van der Waals surface area (Å²) in [5, 5.41) is 0. The molecule has 4 nitrogen and oxygen atoms in total. The molecule has 2 fully saturated rings. The van der Waals surface area contributed by atoms with Crippen molar-refractivity contribution in [2.45, 2.75) is 18.9 Å². The Morgan fingerprint density at radius 2 is 2.32 bits per heavy atom. The lowest BCUT2D eigenvalue weighted by atomic mass is 10.2. The Balaban J connectivity index is 1.79. The van der Waals surface area contributed by atoms with E-state index in [2.05, 4.69) is 0 Å². The Labute approximate surface area is 139 Å². The third-order valence-electron chi connectivity index (χ3n) is 3.71. The van der Waals surface area contributed by atoms with Gasteiger partial charge in [-0.05, 0) is 25.0 Å². The van der Waals surface area contributed by atoms with Crippen molar-refractivity contribution >= 4 is 40.3 Å². The predicted molar refractivity (Wildman–Crippen MR) is 91.8 cm³/mol. The molecular formula is C16H17NO3S2. The molecule has 2 saturated heterocycles. The fourth-order valence-corrected chi connectivity index (χ4v) is 3.84. The molecule has 22 heavy (non-hydrogen) atoms. The van der Waals surface area contributed by atoms with Crippen LogP contribution in [0, 0.1) is 0 Å². The highest BCUT2D eigenvalue weighted by molar-refractivity contribution is 8.26. The lowest BCUT2D eigenvalue weighted by Gasteiger charge is -2.18. The van der Waals surface area contributed by atoms with Crippen LogP contribution in [-0.2, 0) is 9.53 Å². The van der Waals surface area contributed by atoms with Gasteiger partial charge in [-0.15, -0.1) is 0 Å². The second-order valence-electron chi connectivity index (χ2n) is 5.17. The lowest BCUT2D eigenvalue weighted by Crippen LogP contribution is -2.35. The van der Waals surface area contributed by atoms with Gasteiger partial charge in [0.1, 0.15) is 10.1 Å². The summed E-state index contributed by atoms with van der Waals surface area (Å²) in [6.45, 7) is 1.32. The molecule has 1 aromatic carbocycles. The van der Waals surface area contributed by atoms with Crippen molar-refractivity contribution in [3.05, 3.63) is 34.7 Å². The van der Waals surface area contributed by atoms with E-state index in [1.165, 1.54) is 11.8 Å². The first-order valence-corrected chi connectivity index (χ1v) is 8.41. The van der Waals surface area contributed by atoms with Crippen LogP contribution in [0.25, 0.3) is 6.08 Å². The highest BCUT2D eigenvalue weighted by Gasteiger charge is 2.34. The minimum absolute atomic E-state index is 0.0450. The second-order valence-corrected chi connectivity index (χ2v) is 6.85. The Kier molecular flexibility index (Phi) is 4.81. The molecule has 0 saturated carbocycles. The fourth-order valence-electron chi connectivity index (χ4n) is 2.58. The maximum Gasteiger partial charge on any atom is 0.266 e. The van der Waals surface area contributed by atoms with E-state index in [0.29, 0.717) is 15.8 Å². The number of benzene rings is 1. The summed E-state index contributed by atoms with van der Waals surface area (Å²) >= 11 is 6.68. The SMILES string of the molecule is COc1ccccc1/C=C1\SC(=S)N(C[C@@H]2CCCO2)C1=O. The minimum atomic E-state index is -0.0450. The van der Waals surface area contributed by atoms with Crippen LogP contribution in [0.4, 0.5) is 0 Å². The Morgan fingerprint density at radius 1 is 1.50 bits per heavy atom. The maximum atomic E-state index is 12.6. The number of amides is 1. The molecular weight excluding hydrogens is 318 g/mol. The van der Waals surface area contributed by atoms with Gasteiger partial charge < -0.3 is 9.47 Å². The standard InChI is InChI=1S/C16H17NO3S2/c1-19-13-7-3-2-5-11(13)9-14-15(18)17(16(21)22-14)10-12-6-4-8-20-12/h2-3,5,7,9,12H,4,6,8,10H2,1H3/b14-9-/t12-/m0/s1. The number of hydrogen-bond acceptors (Lipinski definition) is 5. The number of nitrogens with zero attached hydrogens (tertiary/aromatic N) is 1. The van der Waals surface area contributed by atoms with Crippen molar-refractivity contribution in [3.63, 3.8) is 0 Å². The highest BCUT2D eigenvalue weighted by atomic mass is 32.2. The molecule has 2 aliphatic heterocycles. The quantitative estimate of drug-likeness (QED) is 0.624. The van der Waals surface area contributed by atoms with Gasteiger partial charge in [-0.1, -0.05) is 42.2 Å². The molecule has 6 heteroatoms. The molecule has 0 aromatic heterocycles. The molecule has 1 amide bonds. The summed E-state index contributed by atoms with van der Waals surface area (Å²) in [6.07, 6.45) is 3.99. The number of rotatable bonds is 4. The molecule has 0 N–H and O–H groups in total. The molecule has 0 bridgehead atoms.